The molecule has 1 saturated heterocycles. The summed E-state index contributed by atoms with van der Waals surface area (Å²) in [5.74, 6) is 0.285. The number of ether oxygens (including phenoxy) is 1. The highest BCUT2D eigenvalue weighted by molar-refractivity contribution is 6.05. The van der Waals surface area contributed by atoms with Gasteiger partial charge in [-0.15, -0.1) is 0 Å². The topological polar surface area (TPSA) is 89.6 Å². The Morgan fingerprint density at radius 1 is 1.27 bits per heavy atom. The zero-order chi connectivity index (χ0) is 18.5. The van der Waals surface area contributed by atoms with Crippen molar-refractivity contribution in [3.63, 3.8) is 0 Å². The number of hydrogen-bond acceptors (Lipinski definition) is 6. The van der Waals surface area contributed by atoms with Gasteiger partial charge >= 0.3 is 5.97 Å². The summed E-state index contributed by atoms with van der Waals surface area (Å²) in [7, 11) is 1.64. The van der Waals surface area contributed by atoms with Gasteiger partial charge in [0, 0.05) is 7.05 Å². The molecule has 1 fully saturated rings. The number of hydrogen-bond donors (Lipinski definition) is 1. The van der Waals surface area contributed by atoms with Gasteiger partial charge in [0.25, 0.3) is 5.91 Å². The summed E-state index contributed by atoms with van der Waals surface area (Å²) in [6, 6.07) is 3.47. The Morgan fingerprint density at radius 2 is 2.04 bits per heavy atom. The van der Waals surface area contributed by atoms with Crippen molar-refractivity contribution in [1.82, 2.24) is 14.7 Å². The van der Waals surface area contributed by atoms with Crippen LogP contribution in [0.4, 0.5) is 5.82 Å². The molecule has 8 heteroatoms. The minimum Gasteiger partial charge on any atom is -0.462 e. The van der Waals surface area contributed by atoms with E-state index >= 15 is 0 Å². The molecule has 0 radical (unpaired) electrons. The first kappa shape index (κ1) is 18.2. The van der Waals surface area contributed by atoms with Crippen molar-refractivity contribution in [1.29, 1.82) is 0 Å². The predicted octanol–water partition coefficient (Wildman–Crippen LogP) is 2.43. The highest BCUT2D eigenvalue weighted by Gasteiger charge is 2.21. The van der Waals surface area contributed by atoms with Crippen molar-refractivity contribution in [2.75, 3.05) is 25.0 Å². The highest BCUT2D eigenvalue weighted by Crippen LogP contribution is 2.19. The molecule has 26 heavy (non-hydrogen) atoms. The number of piperidine rings is 1. The molecule has 0 unspecified atom stereocenters. The van der Waals surface area contributed by atoms with Gasteiger partial charge in [0.05, 0.1) is 19.3 Å². The van der Waals surface area contributed by atoms with E-state index in [-0.39, 0.29) is 23.7 Å². The molecule has 0 saturated carbocycles. The number of nitrogens with zero attached hydrogens (tertiary/aromatic N) is 3. The largest absolute Gasteiger partial charge is 0.462 e. The van der Waals surface area contributed by atoms with E-state index in [1.807, 2.05) is 6.07 Å². The summed E-state index contributed by atoms with van der Waals surface area (Å²) in [5.41, 5.74) is 0.211. The highest BCUT2D eigenvalue weighted by atomic mass is 16.5. The lowest BCUT2D eigenvalue weighted by atomic mass is 10.1. The molecule has 0 aromatic carbocycles. The molecular formula is C18H24N4O4. The number of nitrogens with one attached hydrogen (secondary N) is 1. The molecule has 140 valence electrons. The molecule has 1 aliphatic heterocycles. The van der Waals surface area contributed by atoms with E-state index in [0.29, 0.717) is 6.54 Å². The van der Waals surface area contributed by atoms with Crippen molar-refractivity contribution in [2.45, 2.75) is 32.7 Å². The van der Waals surface area contributed by atoms with Gasteiger partial charge in [-0.1, -0.05) is 6.42 Å². The molecule has 3 heterocycles. The number of esters is 1. The van der Waals surface area contributed by atoms with Crippen LogP contribution in [0.15, 0.2) is 22.7 Å². The normalized spacial score (nSPS) is 15.0. The number of aromatic nitrogens is 2. The fourth-order valence-electron chi connectivity index (χ4n) is 3.04. The fourth-order valence-corrected chi connectivity index (χ4v) is 3.04. The Kier molecular flexibility index (Phi) is 5.72. The molecule has 1 amide bonds. The number of rotatable bonds is 6. The van der Waals surface area contributed by atoms with Crippen molar-refractivity contribution in [3.05, 3.63) is 35.4 Å². The van der Waals surface area contributed by atoms with Crippen LogP contribution in [-0.2, 0) is 18.3 Å². The Bertz CT molecular complexity index is 774. The maximum atomic E-state index is 12.5. The molecule has 1 aliphatic rings. The smallest absolute Gasteiger partial charge is 0.343 e. The third-order valence-electron chi connectivity index (χ3n) is 4.38. The first-order chi connectivity index (χ1) is 12.6. The lowest BCUT2D eigenvalue weighted by Crippen LogP contribution is -2.28. The Balaban J connectivity index is 1.67. The van der Waals surface area contributed by atoms with Crippen LogP contribution in [0.1, 0.15) is 52.9 Å². The standard InChI is InChI=1S/C18H24N4O4/c1-3-25-18(24)14-11-19-21(2)16(14)20-17(23)15-8-7-13(26-15)12-22-9-5-4-6-10-22/h7-8,11H,3-6,9-10,12H2,1-2H3,(H,20,23). The average molecular weight is 360 g/mol. The summed E-state index contributed by atoms with van der Waals surface area (Å²) in [6.45, 7) is 4.78. The number of furan rings is 1. The third kappa shape index (κ3) is 4.13. The average Bonchev–Trinajstić information content (AvgIpc) is 3.24. The number of aryl methyl sites for hydroxylation is 1. The van der Waals surface area contributed by atoms with E-state index < -0.39 is 11.9 Å². The Morgan fingerprint density at radius 3 is 2.77 bits per heavy atom. The van der Waals surface area contributed by atoms with Crippen LogP contribution >= 0.6 is 0 Å². The summed E-state index contributed by atoms with van der Waals surface area (Å²) in [5, 5.41) is 6.70. The zero-order valence-electron chi connectivity index (χ0n) is 15.2. The second-order valence-electron chi connectivity index (χ2n) is 6.31. The van der Waals surface area contributed by atoms with Crippen LogP contribution in [0.2, 0.25) is 0 Å². The summed E-state index contributed by atoms with van der Waals surface area (Å²) < 4.78 is 12.1. The van der Waals surface area contributed by atoms with Gasteiger partial charge in [0.2, 0.25) is 0 Å². The number of carbonyl (C=O) groups excluding carboxylic acids is 2. The summed E-state index contributed by atoms with van der Waals surface area (Å²) in [6.07, 6.45) is 5.05. The molecule has 0 spiro atoms. The van der Waals surface area contributed by atoms with Gasteiger partial charge in [0.1, 0.15) is 17.1 Å². The lowest BCUT2D eigenvalue weighted by Gasteiger charge is -2.25. The minimum absolute atomic E-state index is 0.202. The quantitative estimate of drug-likeness (QED) is 0.796. The molecular weight excluding hydrogens is 336 g/mol. The van der Waals surface area contributed by atoms with Crippen LogP contribution in [-0.4, -0.2) is 46.3 Å². The molecule has 2 aromatic heterocycles. The number of carbonyl (C=O) groups is 2. The summed E-state index contributed by atoms with van der Waals surface area (Å²) in [4.78, 5) is 26.8. The molecule has 3 rings (SSSR count). The number of anilines is 1. The number of likely N-dealkylation sites (tertiary alicyclic amines) is 1. The van der Waals surface area contributed by atoms with Crippen molar-refractivity contribution < 1.29 is 18.7 Å². The van der Waals surface area contributed by atoms with Gasteiger partial charge in [-0.3, -0.25) is 14.4 Å². The second-order valence-corrected chi connectivity index (χ2v) is 6.31. The van der Waals surface area contributed by atoms with Crippen LogP contribution in [0, 0.1) is 0 Å². The molecule has 0 atom stereocenters. The molecule has 2 aromatic rings. The first-order valence-electron chi connectivity index (χ1n) is 8.90. The fraction of sp³-hybridized carbons (Fsp3) is 0.500. The molecule has 0 aliphatic carbocycles. The molecule has 1 N–H and O–H groups in total. The van der Waals surface area contributed by atoms with Gasteiger partial charge in [0.15, 0.2) is 5.76 Å². The predicted molar refractivity (Wildman–Crippen MR) is 95.0 cm³/mol. The monoisotopic (exact) mass is 360 g/mol. The van der Waals surface area contributed by atoms with Crippen molar-refractivity contribution in [3.8, 4) is 0 Å². The lowest BCUT2D eigenvalue weighted by molar-refractivity contribution is 0.0527. The van der Waals surface area contributed by atoms with E-state index in [4.69, 9.17) is 9.15 Å². The van der Waals surface area contributed by atoms with E-state index in [2.05, 4.69) is 15.3 Å². The minimum atomic E-state index is -0.527. The SMILES string of the molecule is CCOC(=O)c1cnn(C)c1NC(=O)c1ccc(CN2CCCCC2)o1. The van der Waals surface area contributed by atoms with Crippen LogP contribution in [0.5, 0.6) is 0 Å². The van der Waals surface area contributed by atoms with Crippen LogP contribution < -0.4 is 5.32 Å². The summed E-state index contributed by atoms with van der Waals surface area (Å²) >= 11 is 0. The van der Waals surface area contributed by atoms with Gasteiger partial charge in [-0.25, -0.2) is 4.79 Å². The van der Waals surface area contributed by atoms with Gasteiger partial charge < -0.3 is 14.5 Å². The molecule has 8 nitrogen and oxygen atoms in total. The second kappa shape index (κ2) is 8.18. The Hall–Kier alpha value is -2.61. The van der Waals surface area contributed by atoms with E-state index in [1.54, 1.807) is 20.0 Å². The van der Waals surface area contributed by atoms with E-state index in [0.717, 1.165) is 18.8 Å². The third-order valence-corrected chi connectivity index (χ3v) is 4.38. The van der Waals surface area contributed by atoms with Crippen molar-refractivity contribution >= 4 is 17.7 Å². The van der Waals surface area contributed by atoms with Gasteiger partial charge in [-0.05, 0) is 45.0 Å². The van der Waals surface area contributed by atoms with Crippen molar-refractivity contribution in [2.24, 2.45) is 7.05 Å². The van der Waals surface area contributed by atoms with E-state index in [9.17, 15) is 9.59 Å². The Labute approximate surface area is 152 Å². The van der Waals surface area contributed by atoms with Gasteiger partial charge in [-0.2, -0.15) is 5.10 Å². The van der Waals surface area contributed by atoms with Crippen LogP contribution in [0.3, 0.4) is 0 Å². The van der Waals surface area contributed by atoms with E-state index in [1.165, 1.54) is 30.1 Å². The molecule has 0 bridgehead atoms. The van der Waals surface area contributed by atoms with Crippen LogP contribution in [0.25, 0.3) is 0 Å². The first-order valence-corrected chi connectivity index (χ1v) is 8.90. The maximum Gasteiger partial charge on any atom is 0.343 e. The zero-order valence-corrected chi connectivity index (χ0v) is 15.2. The number of amides is 1. The maximum absolute atomic E-state index is 12.5.